The van der Waals surface area contributed by atoms with E-state index >= 15 is 0 Å². The van der Waals surface area contributed by atoms with Crippen molar-refractivity contribution in [2.45, 2.75) is 11.5 Å². The molecule has 0 saturated heterocycles. The second-order valence-electron chi connectivity index (χ2n) is 5.03. The zero-order valence-electron chi connectivity index (χ0n) is 13.9. The van der Waals surface area contributed by atoms with E-state index in [1.54, 1.807) is 6.07 Å². The summed E-state index contributed by atoms with van der Waals surface area (Å²) in [5.74, 6) is 0.762. The minimum absolute atomic E-state index is 0.108. The number of azide groups is 1. The Labute approximate surface area is 153 Å². The van der Waals surface area contributed by atoms with Crippen LogP contribution in [0.15, 0.2) is 58.5 Å². The van der Waals surface area contributed by atoms with Crippen LogP contribution in [0.1, 0.15) is 5.56 Å². The molecule has 0 spiro atoms. The van der Waals surface area contributed by atoms with Gasteiger partial charge in [-0.25, -0.2) is 0 Å². The molecule has 1 unspecified atom stereocenters. The molecule has 0 N–H and O–H groups in total. The standard InChI is InChI=1S/C17H19N3O5S/c18-20-19-8-9-23-10-11-24-17-12-15(26(21)22)6-7-16(17)25-13-14-4-2-1-3-5-14/h1-7,12H,8-11,13H2,(H,21,22)/p-1. The summed E-state index contributed by atoms with van der Waals surface area (Å²) in [6.07, 6.45) is 0. The number of hydrogen-bond acceptors (Lipinski definition) is 6. The van der Waals surface area contributed by atoms with Crippen molar-refractivity contribution in [2.24, 2.45) is 5.11 Å². The number of nitrogens with zero attached hydrogens (tertiary/aromatic N) is 3. The Balaban J connectivity index is 1.95. The maximum absolute atomic E-state index is 11.2. The third-order valence-electron chi connectivity index (χ3n) is 3.23. The quantitative estimate of drug-likeness (QED) is 0.196. The summed E-state index contributed by atoms with van der Waals surface area (Å²) in [6.45, 7) is 1.33. The van der Waals surface area contributed by atoms with Gasteiger partial charge < -0.3 is 18.8 Å². The van der Waals surface area contributed by atoms with Crippen LogP contribution in [0.5, 0.6) is 11.5 Å². The second kappa shape index (κ2) is 11.1. The molecular formula is C17H18N3O5S-. The van der Waals surface area contributed by atoms with E-state index in [-0.39, 0.29) is 31.3 Å². The number of rotatable bonds is 11. The van der Waals surface area contributed by atoms with Crippen LogP contribution >= 0.6 is 0 Å². The molecule has 0 bridgehead atoms. The molecule has 2 aromatic carbocycles. The fourth-order valence-corrected chi connectivity index (χ4v) is 2.40. The van der Waals surface area contributed by atoms with E-state index in [0.717, 1.165) is 5.56 Å². The molecule has 2 aromatic rings. The highest BCUT2D eigenvalue weighted by Crippen LogP contribution is 2.30. The summed E-state index contributed by atoms with van der Waals surface area (Å²) < 4.78 is 38.9. The van der Waals surface area contributed by atoms with Crippen LogP contribution in [0.3, 0.4) is 0 Å². The first-order chi connectivity index (χ1) is 12.7. The minimum atomic E-state index is -2.36. The molecule has 0 aliphatic rings. The van der Waals surface area contributed by atoms with Gasteiger partial charge in [-0.15, -0.1) is 0 Å². The van der Waals surface area contributed by atoms with Gasteiger partial charge in [0.15, 0.2) is 11.5 Å². The summed E-state index contributed by atoms with van der Waals surface area (Å²) >= 11 is -2.36. The molecule has 9 heteroatoms. The summed E-state index contributed by atoms with van der Waals surface area (Å²) in [6, 6.07) is 14.0. The van der Waals surface area contributed by atoms with Gasteiger partial charge in [0.2, 0.25) is 0 Å². The Kier molecular flexibility index (Phi) is 8.44. The number of benzene rings is 2. The average molecular weight is 376 g/mol. The van der Waals surface area contributed by atoms with Gasteiger partial charge in [0, 0.05) is 16.4 Å². The van der Waals surface area contributed by atoms with Crippen LogP contribution in [0.2, 0.25) is 0 Å². The monoisotopic (exact) mass is 376 g/mol. The van der Waals surface area contributed by atoms with Crippen molar-refractivity contribution in [1.29, 1.82) is 0 Å². The topological polar surface area (TPSA) is 117 Å². The third kappa shape index (κ3) is 6.73. The molecule has 138 valence electrons. The van der Waals surface area contributed by atoms with E-state index in [0.29, 0.717) is 18.1 Å². The van der Waals surface area contributed by atoms with Gasteiger partial charge in [-0.3, -0.25) is 4.21 Å². The number of hydrogen-bond donors (Lipinski definition) is 0. The molecule has 0 fully saturated rings. The molecule has 0 radical (unpaired) electrons. The van der Waals surface area contributed by atoms with Gasteiger partial charge >= 0.3 is 0 Å². The van der Waals surface area contributed by atoms with Gasteiger partial charge in [0.05, 0.1) is 13.2 Å². The summed E-state index contributed by atoms with van der Waals surface area (Å²) in [5, 5.41) is 3.35. The lowest BCUT2D eigenvalue weighted by Gasteiger charge is -2.15. The Morgan fingerprint density at radius 2 is 1.85 bits per heavy atom. The average Bonchev–Trinajstić information content (AvgIpc) is 2.66. The van der Waals surface area contributed by atoms with Crippen LogP contribution in [0.4, 0.5) is 0 Å². The zero-order valence-corrected chi connectivity index (χ0v) is 14.8. The molecule has 0 aromatic heterocycles. The predicted molar refractivity (Wildman–Crippen MR) is 94.7 cm³/mol. The first kappa shape index (κ1) is 19.7. The molecule has 8 nitrogen and oxygen atoms in total. The SMILES string of the molecule is [N-]=[N+]=NCCOCCOc1cc(S(=O)[O-])ccc1OCc1ccccc1. The molecule has 0 aliphatic carbocycles. The zero-order chi connectivity index (χ0) is 18.6. The lowest BCUT2D eigenvalue weighted by Crippen LogP contribution is -2.10. The molecule has 2 rings (SSSR count). The van der Waals surface area contributed by atoms with E-state index in [4.69, 9.17) is 19.7 Å². The summed E-state index contributed by atoms with van der Waals surface area (Å²) in [4.78, 5) is 2.73. The van der Waals surface area contributed by atoms with Crippen LogP contribution in [0.25, 0.3) is 10.4 Å². The predicted octanol–water partition coefficient (Wildman–Crippen LogP) is 3.21. The Bertz CT molecular complexity index is 766. The molecular weight excluding hydrogens is 358 g/mol. The van der Waals surface area contributed by atoms with Crippen molar-refractivity contribution < 1.29 is 23.0 Å². The highest BCUT2D eigenvalue weighted by Gasteiger charge is 2.08. The first-order valence-electron chi connectivity index (χ1n) is 7.82. The fraction of sp³-hybridized carbons (Fsp3) is 0.294. The second-order valence-corrected chi connectivity index (χ2v) is 5.97. The van der Waals surface area contributed by atoms with Crippen molar-refractivity contribution in [3.8, 4) is 11.5 Å². The normalized spacial score (nSPS) is 11.4. The Morgan fingerprint density at radius 3 is 2.58 bits per heavy atom. The largest absolute Gasteiger partial charge is 0.768 e. The molecule has 0 heterocycles. The van der Waals surface area contributed by atoms with Crippen molar-refractivity contribution in [1.82, 2.24) is 0 Å². The van der Waals surface area contributed by atoms with Gasteiger partial charge in [-0.1, -0.05) is 35.4 Å². The number of ether oxygens (including phenoxy) is 3. The van der Waals surface area contributed by atoms with Crippen molar-refractivity contribution in [2.75, 3.05) is 26.4 Å². The first-order valence-corrected chi connectivity index (χ1v) is 8.89. The summed E-state index contributed by atoms with van der Waals surface area (Å²) in [5.41, 5.74) is 9.15. The van der Waals surface area contributed by atoms with Crippen molar-refractivity contribution >= 4 is 11.1 Å². The highest BCUT2D eigenvalue weighted by molar-refractivity contribution is 7.79. The van der Waals surface area contributed by atoms with Crippen LogP contribution in [-0.4, -0.2) is 35.1 Å². The molecule has 1 atom stereocenters. The van der Waals surface area contributed by atoms with Gasteiger partial charge in [0.25, 0.3) is 0 Å². The molecule has 0 saturated carbocycles. The van der Waals surface area contributed by atoms with E-state index in [2.05, 4.69) is 10.0 Å². The van der Waals surface area contributed by atoms with Gasteiger partial charge in [-0.05, 0) is 40.4 Å². The Hall–Kier alpha value is -2.58. The fourth-order valence-electron chi connectivity index (χ4n) is 2.02. The van der Waals surface area contributed by atoms with Gasteiger partial charge in [0.1, 0.15) is 13.2 Å². The third-order valence-corrected chi connectivity index (χ3v) is 3.87. The van der Waals surface area contributed by atoms with Crippen LogP contribution in [-0.2, 0) is 22.4 Å². The maximum atomic E-state index is 11.2. The summed E-state index contributed by atoms with van der Waals surface area (Å²) in [7, 11) is 0. The van der Waals surface area contributed by atoms with Gasteiger partial charge in [-0.2, -0.15) is 0 Å². The van der Waals surface area contributed by atoms with E-state index in [1.807, 2.05) is 30.3 Å². The molecule has 0 amide bonds. The lowest BCUT2D eigenvalue weighted by atomic mass is 10.2. The minimum Gasteiger partial charge on any atom is -0.768 e. The van der Waals surface area contributed by atoms with E-state index in [1.165, 1.54) is 12.1 Å². The highest BCUT2D eigenvalue weighted by atomic mass is 32.2. The van der Waals surface area contributed by atoms with E-state index < -0.39 is 11.1 Å². The van der Waals surface area contributed by atoms with Crippen molar-refractivity contribution in [3.05, 3.63) is 64.5 Å². The maximum Gasteiger partial charge on any atom is 0.162 e. The molecule has 0 aliphatic heterocycles. The van der Waals surface area contributed by atoms with Crippen LogP contribution in [0, 0.1) is 0 Å². The van der Waals surface area contributed by atoms with E-state index in [9.17, 15) is 8.76 Å². The smallest absolute Gasteiger partial charge is 0.162 e. The van der Waals surface area contributed by atoms with Crippen molar-refractivity contribution in [3.63, 3.8) is 0 Å². The molecule has 26 heavy (non-hydrogen) atoms. The van der Waals surface area contributed by atoms with Crippen LogP contribution < -0.4 is 9.47 Å². The lowest BCUT2D eigenvalue weighted by molar-refractivity contribution is 0.104. The Morgan fingerprint density at radius 1 is 1.04 bits per heavy atom.